The molecule has 0 bridgehead atoms. The molecule has 3 saturated heterocycles. The summed E-state index contributed by atoms with van der Waals surface area (Å²) in [7, 11) is 3.07. The zero-order valence-electron chi connectivity index (χ0n) is 38.0. The molecule has 22 unspecified atom stereocenters. The van der Waals surface area contributed by atoms with Crippen LogP contribution in [0.1, 0.15) is 106 Å². The lowest BCUT2D eigenvalue weighted by molar-refractivity contribution is -0.343. The molecule has 6 N–H and O–H groups in total. The second-order valence-electron chi connectivity index (χ2n) is 19.8. The highest BCUT2D eigenvalue weighted by atomic mass is 16.7. The maximum Gasteiger partial charge on any atom is 0.333 e. The third-order valence-corrected chi connectivity index (χ3v) is 16.7. The van der Waals surface area contributed by atoms with Crippen LogP contribution in [0.3, 0.4) is 0 Å². The van der Waals surface area contributed by atoms with Crippen molar-refractivity contribution in [2.24, 2.45) is 28.6 Å². The van der Waals surface area contributed by atoms with E-state index in [1.165, 1.54) is 12.7 Å². The first-order chi connectivity index (χ1) is 29.3. The molecule has 4 aliphatic carbocycles. The molecule has 0 radical (unpaired) electrons. The fourth-order valence-corrected chi connectivity index (χ4v) is 12.7. The van der Waals surface area contributed by atoms with Gasteiger partial charge in [-0.2, -0.15) is 0 Å². The fraction of sp³-hybridized carbons (Fsp3) is 0.891. The lowest BCUT2D eigenvalue weighted by atomic mass is 9.45. The van der Waals surface area contributed by atoms with Gasteiger partial charge in [-0.25, -0.2) is 4.79 Å². The van der Waals surface area contributed by atoms with E-state index in [1.54, 1.807) is 34.0 Å². The second kappa shape index (κ2) is 18.9. The Labute approximate surface area is 366 Å². The van der Waals surface area contributed by atoms with Crippen LogP contribution in [0.2, 0.25) is 0 Å². The number of fused-ring (bicyclic) bond motifs is 5. The van der Waals surface area contributed by atoms with Crippen LogP contribution >= 0.6 is 0 Å². The number of rotatable bonds is 12. The van der Waals surface area contributed by atoms with Crippen molar-refractivity contribution in [3.05, 3.63) is 23.3 Å². The van der Waals surface area contributed by atoms with Gasteiger partial charge in [0.15, 0.2) is 25.0 Å². The average molecular weight is 883 g/mol. The van der Waals surface area contributed by atoms with Gasteiger partial charge in [0.1, 0.15) is 42.7 Å². The van der Waals surface area contributed by atoms with Crippen LogP contribution in [-0.4, -0.2) is 161 Å². The first kappa shape index (κ1) is 48.3. The molecule has 0 aromatic carbocycles. The number of methoxy groups -OCH3 is 2. The van der Waals surface area contributed by atoms with Crippen molar-refractivity contribution in [1.82, 2.24) is 0 Å². The molecule has 16 heteroatoms. The molecule has 6 fully saturated rings. The average Bonchev–Trinajstić information content (AvgIpc) is 3.53. The first-order valence-electron chi connectivity index (χ1n) is 22.9. The Balaban J connectivity index is 0.957. The number of hydrogen-bond donors (Lipinski definition) is 6. The number of allylic oxidation sites excluding steroid dienone is 2. The summed E-state index contributed by atoms with van der Waals surface area (Å²) in [6.45, 7) is 13.0. The van der Waals surface area contributed by atoms with Gasteiger partial charge in [0.05, 0.1) is 42.7 Å². The van der Waals surface area contributed by atoms with Crippen LogP contribution in [0.4, 0.5) is 0 Å². The quantitative estimate of drug-likeness (QED) is 0.0943. The Hall–Kier alpha value is -1.61. The Kier molecular flexibility index (Phi) is 14.8. The first-order valence-corrected chi connectivity index (χ1v) is 22.9. The molecule has 0 aromatic heterocycles. The number of hydrogen-bond acceptors (Lipinski definition) is 16. The minimum Gasteiger partial charge on any atom is -0.453 e. The predicted octanol–water partition coefficient (Wildman–Crippen LogP) is 2.80. The van der Waals surface area contributed by atoms with Crippen molar-refractivity contribution in [2.75, 3.05) is 20.8 Å². The van der Waals surface area contributed by atoms with Crippen LogP contribution in [0, 0.1) is 28.6 Å². The molecule has 16 nitrogen and oxygen atoms in total. The van der Waals surface area contributed by atoms with Crippen LogP contribution in [0.15, 0.2) is 23.3 Å². The van der Waals surface area contributed by atoms with Crippen molar-refractivity contribution in [3.8, 4) is 0 Å². The minimum absolute atomic E-state index is 0.0375. The minimum atomic E-state index is -1.52. The number of ether oxygens (including phenoxy) is 9. The zero-order valence-corrected chi connectivity index (χ0v) is 38.0. The highest BCUT2D eigenvalue weighted by Crippen LogP contribution is 2.68. The standard InChI is InChI=1S/C46H74O16/c1-10-22(2)41(52)61-39-25(5)58-43(37(51)40(39)55-9)62-38-24(4)56-33(20-31(38)54-8)59-27-13-16-44(6)26(19-27)11-12-30-29(44)14-17-45(7)28(15-18-46(30,45)53)23(3)57-42-36(50)35(49)34(48)32(21-47)60-42/h10-11,23-25,27-40,42-43,47-51,53H,12-21H2,1-9H3. The fourth-order valence-electron chi connectivity index (χ4n) is 12.7. The molecular formula is C46H74O16. The molecular weight excluding hydrogens is 808 g/mol. The lowest BCUT2D eigenvalue weighted by Gasteiger charge is -2.61. The molecule has 0 spiro atoms. The zero-order chi connectivity index (χ0) is 45.1. The third-order valence-electron chi connectivity index (χ3n) is 16.7. The normalized spacial score (nSPS) is 50.2. The molecule has 3 heterocycles. The Bertz CT molecular complexity index is 1620. The molecule has 3 saturated carbocycles. The number of carbonyl (C=O) groups is 1. The third kappa shape index (κ3) is 8.50. The molecule has 62 heavy (non-hydrogen) atoms. The van der Waals surface area contributed by atoms with E-state index >= 15 is 0 Å². The van der Waals surface area contributed by atoms with Crippen LogP contribution in [0.5, 0.6) is 0 Å². The lowest BCUT2D eigenvalue weighted by Crippen LogP contribution is -2.62. The maximum absolute atomic E-state index is 12.8. The summed E-state index contributed by atoms with van der Waals surface area (Å²) in [4.78, 5) is 12.6. The highest BCUT2D eigenvalue weighted by Gasteiger charge is 2.67. The number of aliphatic hydroxyl groups excluding tert-OH is 5. The number of carbonyl (C=O) groups excluding carboxylic acids is 1. The summed E-state index contributed by atoms with van der Waals surface area (Å²) >= 11 is 0. The van der Waals surface area contributed by atoms with Gasteiger partial charge < -0.3 is 73.3 Å². The summed E-state index contributed by atoms with van der Waals surface area (Å²) in [5.41, 5.74) is 0.345. The SMILES string of the molecule is CC=C(C)C(=O)OC1C(C)OC(OC2C(C)OC(OC3CCC4(C)C(=CCC5C4CCC4(C)C(C(C)OC6OC(CO)C(O)C(O)C6O)CCC54O)C3)CC2OC)C(O)C1OC. The largest absolute Gasteiger partial charge is 0.453 e. The van der Waals surface area contributed by atoms with Gasteiger partial charge in [-0.05, 0) is 109 Å². The smallest absolute Gasteiger partial charge is 0.333 e. The summed E-state index contributed by atoms with van der Waals surface area (Å²) in [6, 6.07) is 0. The van der Waals surface area contributed by atoms with E-state index in [0.717, 1.165) is 44.9 Å². The Morgan fingerprint density at radius 2 is 1.60 bits per heavy atom. The van der Waals surface area contributed by atoms with Gasteiger partial charge in [-0.3, -0.25) is 0 Å². The van der Waals surface area contributed by atoms with Gasteiger partial charge in [-0.1, -0.05) is 31.6 Å². The van der Waals surface area contributed by atoms with E-state index < -0.39 is 116 Å². The monoisotopic (exact) mass is 882 g/mol. The summed E-state index contributed by atoms with van der Waals surface area (Å²) in [5.74, 6) is -0.190. The Morgan fingerprint density at radius 1 is 0.871 bits per heavy atom. The molecule has 7 rings (SSSR count). The van der Waals surface area contributed by atoms with Gasteiger partial charge in [0.2, 0.25) is 0 Å². The van der Waals surface area contributed by atoms with E-state index in [1.807, 2.05) is 13.8 Å². The second-order valence-corrected chi connectivity index (χ2v) is 19.8. The van der Waals surface area contributed by atoms with Crippen molar-refractivity contribution >= 4 is 5.97 Å². The van der Waals surface area contributed by atoms with Crippen molar-refractivity contribution < 1.29 is 78.1 Å². The van der Waals surface area contributed by atoms with E-state index in [0.29, 0.717) is 24.3 Å². The molecule has 22 atom stereocenters. The van der Waals surface area contributed by atoms with Crippen LogP contribution in [-0.2, 0) is 47.4 Å². The van der Waals surface area contributed by atoms with Crippen LogP contribution in [0.25, 0.3) is 0 Å². The van der Waals surface area contributed by atoms with E-state index in [9.17, 15) is 35.4 Å². The van der Waals surface area contributed by atoms with Crippen molar-refractivity contribution in [1.29, 1.82) is 0 Å². The van der Waals surface area contributed by atoms with Crippen molar-refractivity contribution in [2.45, 2.75) is 210 Å². The van der Waals surface area contributed by atoms with Gasteiger partial charge >= 0.3 is 5.97 Å². The summed E-state index contributed by atoms with van der Waals surface area (Å²) in [5, 5.41) is 65.1. The van der Waals surface area contributed by atoms with E-state index in [4.69, 9.17) is 42.6 Å². The number of aliphatic hydroxyl groups is 6. The molecule has 354 valence electrons. The molecule has 7 aliphatic rings. The maximum atomic E-state index is 12.8. The Morgan fingerprint density at radius 3 is 2.27 bits per heavy atom. The van der Waals surface area contributed by atoms with E-state index in [2.05, 4.69) is 19.9 Å². The highest BCUT2D eigenvalue weighted by molar-refractivity contribution is 5.87. The van der Waals surface area contributed by atoms with Gasteiger partial charge in [-0.15, -0.1) is 0 Å². The summed E-state index contributed by atoms with van der Waals surface area (Å²) < 4.78 is 54.8. The topological polar surface area (TPSA) is 222 Å². The summed E-state index contributed by atoms with van der Waals surface area (Å²) in [6.07, 6.45) is -3.11. The van der Waals surface area contributed by atoms with Gasteiger partial charge in [0.25, 0.3) is 0 Å². The molecule has 0 aromatic rings. The molecule has 3 aliphatic heterocycles. The molecule has 0 amide bonds. The van der Waals surface area contributed by atoms with Gasteiger partial charge in [0, 0.05) is 31.6 Å². The van der Waals surface area contributed by atoms with E-state index in [-0.39, 0.29) is 23.4 Å². The van der Waals surface area contributed by atoms with Crippen molar-refractivity contribution in [3.63, 3.8) is 0 Å². The predicted molar refractivity (Wildman–Crippen MR) is 221 cm³/mol. The van der Waals surface area contributed by atoms with Crippen LogP contribution < -0.4 is 0 Å². The number of esters is 1.